The predicted octanol–water partition coefficient (Wildman–Crippen LogP) is 2.58. The summed E-state index contributed by atoms with van der Waals surface area (Å²) >= 11 is 6.17. The average Bonchev–Trinajstić information content (AvgIpc) is 2.53. The maximum atomic E-state index is 10.7. The molecule has 0 saturated carbocycles. The molecule has 0 radical (unpaired) electrons. The van der Waals surface area contributed by atoms with Crippen LogP contribution in [-0.4, -0.2) is 26.6 Å². The molecule has 0 bridgehead atoms. The molecule has 0 amide bonds. The summed E-state index contributed by atoms with van der Waals surface area (Å²) in [6.45, 7) is 1.92. The van der Waals surface area contributed by atoms with Crippen molar-refractivity contribution in [1.29, 1.82) is 0 Å². The summed E-state index contributed by atoms with van der Waals surface area (Å²) in [5.41, 5.74) is 5.66. The highest BCUT2D eigenvalue weighted by molar-refractivity contribution is 6.31. The molecule has 0 aliphatic carbocycles. The van der Waals surface area contributed by atoms with Gasteiger partial charge < -0.3 is 16.2 Å². The van der Waals surface area contributed by atoms with Gasteiger partial charge in [0.15, 0.2) is 5.65 Å². The lowest BCUT2D eigenvalue weighted by Crippen LogP contribution is -2.31. The first-order chi connectivity index (χ1) is 11.0. The fraction of sp³-hybridized carbons (Fsp3) is 0.188. The minimum absolute atomic E-state index is 0.229. The van der Waals surface area contributed by atoms with Crippen LogP contribution in [0.5, 0.6) is 0 Å². The van der Waals surface area contributed by atoms with Gasteiger partial charge in [0.2, 0.25) is 0 Å². The molecule has 2 heterocycles. The number of nitrogens with two attached hydrogens (primary N) is 1. The number of fused-ring (bicyclic) bond motifs is 1. The number of aliphatic hydroxyl groups is 1. The number of benzene rings is 1. The minimum Gasteiger partial charge on any atom is -0.384 e. The van der Waals surface area contributed by atoms with Crippen LogP contribution in [0.25, 0.3) is 11.0 Å². The van der Waals surface area contributed by atoms with Crippen molar-refractivity contribution in [3.63, 3.8) is 0 Å². The van der Waals surface area contributed by atoms with E-state index in [1.807, 2.05) is 12.1 Å². The molecule has 0 saturated heterocycles. The van der Waals surface area contributed by atoms with Crippen molar-refractivity contribution in [2.75, 3.05) is 17.6 Å². The minimum atomic E-state index is -1.16. The molecule has 3 rings (SSSR count). The van der Waals surface area contributed by atoms with Gasteiger partial charge in [-0.2, -0.15) is 0 Å². The van der Waals surface area contributed by atoms with Gasteiger partial charge in [0, 0.05) is 17.1 Å². The van der Waals surface area contributed by atoms with Crippen molar-refractivity contribution in [3.8, 4) is 0 Å². The second kappa shape index (κ2) is 5.98. The van der Waals surface area contributed by atoms with Gasteiger partial charge in [-0.25, -0.2) is 15.0 Å². The Balaban J connectivity index is 1.87. The molecule has 6 nitrogen and oxygen atoms in total. The largest absolute Gasteiger partial charge is 0.384 e. The van der Waals surface area contributed by atoms with Crippen LogP contribution in [0.2, 0.25) is 5.02 Å². The van der Waals surface area contributed by atoms with Gasteiger partial charge in [-0.05, 0) is 25.1 Å². The normalized spacial score (nSPS) is 13.7. The summed E-state index contributed by atoms with van der Waals surface area (Å²) in [7, 11) is 0. The standard InChI is InChI=1S/C16H16ClN5O/c1-16(23,11-4-2-3-5-12(11)17)8-19-14-10-6-7-13(18)22-15(10)21-9-20-14/h2-7,9,23H,8H2,1H3,(H3,18,19,20,21,22). The molecular formula is C16H16ClN5O. The molecule has 118 valence electrons. The lowest BCUT2D eigenvalue weighted by atomic mass is 9.96. The summed E-state index contributed by atoms with van der Waals surface area (Å²) in [5.74, 6) is 0.972. The van der Waals surface area contributed by atoms with E-state index in [1.54, 1.807) is 31.2 Å². The number of aromatic nitrogens is 3. The number of nitrogens with zero attached hydrogens (tertiary/aromatic N) is 3. The van der Waals surface area contributed by atoms with Crippen LogP contribution in [0, 0.1) is 0 Å². The topological polar surface area (TPSA) is 97.0 Å². The summed E-state index contributed by atoms with van der Waals surface area (Å²) in [6.07, 6.45) is 1.40. The lowest BCUT2D eigenvalue weighted by Gasteiger charge is -2.25. The van der Waals surface area contributed by atoms with Gasteiger partial charge in [0.05, 0.1) is 5.39 Å². The fourth-order valence-electron chi connectivity index (χ4n) is 2.35. The van der Waals surface area contributed by atoms with E-state index in [9.17, 15) is 5.11 Å². The molecule has 1 aromatic carbocycles. The van der Waals surface area contributed by atoms with Crippen molar-refractivity contribution < 1.29 is 5.11 Å². The van der Waals surface area contributed by atoms with Crippen molar-refractivity contribution in [2.24, 2.45) is 0 Å². The molecule has 0 spiro atoms. The Labute approximate surface area is 138 Å². The smallest absolute Gasteiger partial charge is 0.166 e. The molecule has 3 aromatic rings. The molecule has 0 fully saturated rings. The molecule has 1 unspecified atom stereocenters. The first kappa shape index (κ1) is 15.5. The van der Waals surface area contributed by atoms with Crippen LogP contribution < -0.4 is 11.1 Å². The Morgan fingerprint density at radius 1 is 1.22 bits per heavy atom. The first-order valence-electron chi connectivity index (χ1n) is 7.06. The van der Waals surface area contributed by atoms with E-state index in [0.717, 1.165) is 5.39 Å². The summed E-state index contributed by atoms with van der Waals surface area (Å²) in [5, 5.41) is 15.1. The highest BCUT2D eigenvalue weighted by Crippen LogP contribution is 2.28. The van der Waals surface area contributed by atoms with Crippen molar-refractivity contribution in [1.82, 2.24) is 15.0 Å². The van der Waals surface area contributed by atoms with E-state index in [-0.39, 0.29) is 6.54 Å². The van der Waals surface area contributed by atoms with Gasteiger partial charge in [0.1, 0.15) is 23.6 Å². The number of nitrogen functional groups attached to an aromatic ring is 1. The molecule has 0 aliphatic heterocycles. The van der Waals surface area contributed by atoms with Crippen LogP contribution in [0.1, 0.15) is 12.5 Å². The molecule has 23 heavy (non-hydrogen) atoms. The monoisotopic (exact) mass is 329 g/mol. The molecular weight excluding hydrogens is 314 g/mol. The molecule has 4 N–H and O–H groups in total. The summed E-state index contributed by atoms with van der Waals surface area (Å²) in [6, 6.07) is 10.7. The Kier molecular flexibility index (Phi) is 4.02. The Morgan fingerprint density at radius 2 is 2.00 bits per heavy atom. The highest BCUT2D eigenvalue weighted by Gasteiger charge is 2.25. The maximum absolute atomic E-state index is 10.7. The van der Waals surface area contributed by atoms with Gasteiger partial charge in [-0.1, -0.05) is 29.8 Å². The zero-order chi connectivity index (χ0) is 16.4. The zero-order valence-corrected chi connectivity index (χ0v) is 13.2. The third-order valence-corrected chi connectivity index (χ3v) is 3.90. The second-order valence-corrected chi connectivity index (χ2v) is 5.84. The second-order valence-electron chi connectivity index (χ2n) is 5.44. The third kappa shape index (κ3) is 3.18. The van der Waals surface area contributed by atoms with E-state index < -0.39 is 5.60 Å². The quantitative estimate of drug-likeness (QED) is 0.680. The van der Waals surface area contributed by atoms with E-state index in [2.05, 4.69) is 20.3 Å². The third-order valence-electron chi connectivity index (χ3n) is 3.57. The number of halogens is 1. The van der Waals surface area contributed by atoms with Crippen LogP contribution in [-0.2, 0) is 5.60 Å². The molecule has 2 aromatic heterocycles. The van der Waals surface area contributed by atoms with E-state index >= 15 is 0 Å². The summed E-state index contributed by atoms with van der Waals surface area (Å²) < 4.78 is 0. The first-order valence-corrected chi connectivity index (χ1v) is 7.44. The van der Waals surface area contributed by atoms with E-state index in [0.29, 0.717) is 27.9 Å². The number of hydrogen-bond acceptors (Lipinski definition) is 6. The van der Waals surface area contributed by atoms with Crippen molar-refractivity contribution >= 4 is 34.3 Å². The number of hydrogen-bond donors (Lipinski definition) is 3. The number of rotatable bonds is 4. The van der Waals surface area contributed by atoms with Crippen LogP contribution in [0.4, 0.5) is 11.6 Å². The van der Waals surface area contributed by atoms with Gasteiger partial charge in [-0.3, -0.25) is 0 Å². The van der Waals surface area contributed by atoms with Gasteiger partial charge in [-0.15, -0.1) is 0 Å². The highest BCUT2D eigenvalue weighted by atomic mass is 35.5. The number of nitrogens with one attached hydrogen (secondary N) is 1. The van der Waals surface area contributed by atoms with Crippen LogP contribution >= 0.6 is 11.6 Å². The Bertz CT molecular complexity index is 853. The van der Waals surface area contributed by atoms with Gasteiger partial charge >= 0.3 is 0 Å². The van der Waals surface area contributed by atoms with Crippen molar-refractivity contribution in [2.45, 2.75) is 12.5 Å². The predicted molar refractivity (Wildman–Crippen MR) is 91.3 cm³/mol. The Morgan fingerprint density at radius 3 is 2.78 bits per heavy atom. The number of anilines is 2. The lowest BCUT2D eigenvalue weighted by molar-refractivity contribution is 0.0716. The molecule has 0 aliphatic rings. The zero-order valence-electron chi connectivity index (χ0n) is 12.5. The molecule has 7 heteroatoms. The fourth-order valence-corrected chi connectivity index (χ4v) is 2.69. The number of pyridine rings is 1. The van der Waals surface area contributed by atoms with Gasteiger partial charge in [0.25, 0.3) is 0 Å². The SMILES string of the molecule is CC(O)(CNc1ncnc2nc(N)ccc12)c1ccccc1Cl. The maximum Gasteiger partial charge on any atom is 0.166 e. The van der Waals surface area contributed by atoms with Crippen LogP contribution in [0.15, 0.2) is 42.7 Å². The van der Waals surface area contributed by atoms with E-state index in [4.69, 9.17) is 17.3 Å². The Hall–Kier alpha value is -2.44. The average molecular weight is 330 g/mol. The summed E-state index contributed by atoms with van der Waals surface area (Å²) in [4.78, 5) is 12.5. The van der Waals surface area contributed by atoms with E-state index in [1.165, 1.54) is 6.33 Å². The van der Waals surface area contributed by atoms with Crippen LogP contribution in [0.3, 0.4) is 0 Å². The van der Waals surface area contributed by atoms with Crippen molar-refractivity contribution in [3.05, 3.63) is 53.3 Å². The molecule has 1 atom stereocenters.